The first-order valence-corrected chi connectivity index (χ1v) is 4.24. The van der Waals surface area contributed by atoms with Crippen LogP contribution in [0.2, 0.25) is 0 Å². The second kappa shape index (κ2) is 4.08. The number of aromatic nitrogens is 1. The number of carbonyl (C=O) groups excluding carboxylic acids is 1. The first-order valence-electron chi connectivity index (χ1n) is 3.81. The van der Waals surface area contributed by atoms with E-state index in [9.17, 15) is 13.6 Å². The Balaban J connectivity index is 3.16. The van der Waals surface area contributed by atoms with Gasteiger partial charge in [-0.25, -0.2) is 0 Å². The first-order chi connectivity index (χ1) is 6.85. The summed E-state index contributed by atoms with van der Waals surface area (Å²) in [4.78, 5) is 14.1. The number of nitrogens with zero attached hydrogens (tertiary/aromatic N) is 1. The lowest BCUT2D eigenvalue weighted by Crippen LogP contribution is -2.26. The Morgan fingerprint density at radius 3 is 2.67 bits per heavy atom. The molecule has 0 saturated heterocycles. The number of alkyl halides is 3. The van der Waals surface area contributed by atoms with E-state index in [0.29, 0.717) is 0 Å². The Morgan fingerprint density at radius 2 is 2.20 bits per heavy atom. The van der Waals surface area contributed by atoms with E-state index in [2.05, 4.69) is 4.98 Å². The average Bonchev–Trinajstić information content (AvgIpc) is 2.17. The van der Waals surface area contributed by atoms with Crippen molar-refractivity contribution < 1.29 is 18.7 Å². The number of hydrogen-bond acceptors (Lipinski definition) is 3. The van der Waals surface area contributed by atoms with Crippen LogP contribution in [-0.2, 0) is 5.92 Å². The van der Waals surface area contributed by atoms with Gasteiger partial charge in [0.15, 0.2) is 5.56 Å². The topological polar surface area (TPSA) is 76.2 Å². The van der Waals surface area contributed by atoms with E-state index in [1.165, 1.54) is 0 Å². The quantitative estimate of drug-likeness (QED) is 0.763. The van der Waals surface area contributed by atoms with Crippen LogP contribution in [0.4, 0.5) is 8.78 Å². The van der Waals surface area contributed by atoms with Crippen LogP contribution in [0.1, 0.15) is 15.9 Å². The van der Waals surface area contributed by atoms with Gasteiger partial charge >= 0.3 is 5.92 Å². The summed E-state index contributed by atoms with van der Waals surface area (Å²) in [5.41, 5.74) is 1.65. The molecule has 1 atom stereocenters. The molecule has 0 aliphatic carbocycles. The SMILES string of the molecule is NC(=O)c1cncc(C(F)(F)C(O)Cl)c1. The molecule has 0 aliphatic heterocycles. The van der Waals surface area contributed by atoms with Gasteiger partial charge in [0, 0.05) is 18.0 Å². The molecule has 0 fully saturated rings. The fourth-order valence-electron chi connectivity index (χ4n) is 0.894. The molecule has 0 spiro atoms. The van der Waals surface area contributed by atoms with Gasteiger partial charge in [-0.1, -0.05) is 11.6 Å². The van der Waals surface area contributed by atoms with Gasteiger partial charge in [0.05, 0.1) is 5.56 Å². The van der Waals surface area contributed by atoms with Gasteiger partial charge in [0.2, 0.25) is 5.91 Å². The fourth-order valence-corrected chi connectivity index (χ4v) is 1.02. The second-order valence-electron chi connectivity index (χ2n) is 2.79. The van der Waals surface area contributed by atoms with Crippen LogP contribution in [0.15, 0.2) is 18.5 Å². The van der Waals surface area contributed by atoms with Crippen LogP contribution in [0.3, 0.4) is 0 Å². The molecule has 0 aromatic carbocycles. The third kappa shape index (κ3) is 2.40. The standard InChI is InChI=1S/C8H7ClF2N2O2/c9-7(15)8(10,11)5-1-4(6(12)14)2-13-3-5/h1-3,7,15H,(H2,12,14). The van der Waals surface area contributed by atoms with E-state index in [1.807, 2.05) is 0 Å². The van der Waals surface area contributed by atoms with E-state index in [-0.39, 0.29) is 5.56 Å². The van der Waals surface area contributed by atoms with Gasteiger partial charge in [-0.3, -0.25) is 9.78 Å². The Morgan fingerprint density at radius 1 is 1.60 bits per heavy atom. The normalized spacial score (nSPS) is 13.6. The lowest BCUT2D eigenvalue weighted by molar-refractivity contribution is -0.0774. The monoisotopic (exact) mass is 236 g/mol. The van der Waals surface area contributed by atoms with Crippen molar-refractivity contribution >= 4 is 17.5 Å². The zero-order valence-corrected chi connectivity index (χ0v) is 8.08. The molecule has 0 aliphatic rings. The second-order valence-corrected chi connectivity index (χ2v) is 3.20. The maximum Gasteiger partial charge on any atom is 0.313 e. The molecule has 0 radical (unpaired) electrons. The molecule has 7 heteroatoms. The largest absolute Gasteiger partial charge is 0.372 e. The van der Waals surface area contributed by atoms with Gasteiger partial charge in [-0.2, -0.15) is 8.78 Å². The summed E-state index contributed by atoms with van der Waals surface area (Å²) in [6, 6.07) is 0.834. The number of amides is 1. The van der Waals surface area contributed by atoms with Crippen molar-refractivity contribution in [1.82, 2.24) is 4.98 Å². The van der Waals surface area contributed by atoms with Gasteiger partial charge < -0.3 is 10.8 Å². The lowest BCUT2D eigenvalue weighted by Gasteiger charge is -2.17. The highest BCUT2D eigenvalue weighted by Crippen LogP contribution is 2.33. The predicted molar refractivity (Wildman–Crippen MR) is 48.5 cm³/mol. The summed E-state index contributed by atoms with van der Waals surface area (Å²) in [5.74, 6) is -4.57. The molecule has 4 nitrogen and oxygen atoms in total. The number of halogens is 3. The van der Waals surface area contributed by atoms with Crippen molar-refractivity contribution in [2.24, 2.45) is 5.73 Å². The number of primary amides is 1. The zero-order valence-electron chi connectivity index (χ0n) is 7.32. The van der Waals surface area contributed by atoms with Crippen LogP contribution in [0.5, 0.6) is 0 Å². The number of carbonyl (C=O) groups is 1. The van der Waals surface area contributed by atoms with Gasteiger partial charge in [0.25, 0.3) is 0 Å². The Kier molecular flexibility index (Phi) is 3.21. The molecule has 0 bridgehead atoms. The van der Waals surface area contributed by atoms with Crippen molar-refractivity contribution in [3.05, 3.63) is 29.6 Å². The van der Waals surface area contributed by atoms with Crippen molar-refractivity contribution in [1.29, 1.82) is 0 Å². The van der Waals surface area contributed by atoms with Crippen molar-refractivity contribution in [2.45, 2.75) is 11.5 Å². The molecule has 82 valence electrons. The van der Waals surface area contributed by atoms with Gasteiger partial charge in [-0.15, -0.1) is 0 Å². The minimum atomic E-state index is -3.68. The molecule has 3 N–H and O–H groups in total. The van der Waals surface area contributed by atoms with Gasteiger partial charge in [-0.05, 0) is 6.07 Å². The number of nitrogens with two attached hydrogens (primary N) is 1. The number of aliphatic hydroxyl groups is 1. The highest BCUT2D eigenvalue weighted by atomic mass is 35.5. The smallest absolute Gasteiger partial charge is 0.313 e. The Hall–Kier alpha value is -1.27. The summed E-state index contributed by atoms with van der Waals surface area (Å²) >= 11 is 4.90. The van der Waals surface area contributed by atoms with E-state index in [0.717, 1.165) is 18.5 Å². The first kappa shape index (κ1) is 11.8. The summed E-state index contributed by atoms with van der Waals surface area (Å²) in [7, 11) is 0. The third-order valence-electron chi connectivity index (χ3n) is 1.71. The van der Waals surface area contributed by atoms with Crippen LogP contribution < -0.4 is 5.73 Å². The minimum absolute atomic E-state index is 0.176. The summed E-state index contributed by atoms with van der Waals surface area (Å²) in [5, 5.41) is 8.63. The van der Waals surface area contributed by atoms with Gasteiger partial charge in [0.1, 0.15) is 0 Å². The van der Waals surface area contributed by atoms with Crippen LogP contribution in [0, 0.1) is 0 Å². The molecule has 0 saturated carbocycles. The summed E-state index contributed by atoms with van der Waals surface area (Å²) in [6.07, 6.45) is 1.85. The molecular weight excluding hydrogens is 230 g/mol. The molecular formula is C8H7ClF2N2O2. The highest BCUT2D eigenvalue weighted by molar-refractivity contribution is 6.20. The molecule has 1 amide bonds. The molecule has 1 heterocycles. The molecule has 1 rings (SSSR count). The molecule has 1 aromatic heterocycles. The van der Waals surface area contributed by atoms with Crippen molar-refractivity contribution in [3.8, 4) is 0 Å². The van der Waals surface area contributed by atoms with E-state index >= 15 is 0 Å². The van der Waals surface area contributed by atoms with Crippen LogP contribution >= 0.6 is 11.6 Å². The maximum atomic E-state index is 13.1. The Bertz CT molecular complexity index is 385. The van der Waals surface area contributed by atoms with Crippen molar-refractivity contribution in [3.63, 3.8) is 0 Å². The maximum absolute atomic E-state index is 13.1. The van der Waals surface area contributed by atoms with Crippen LogP contribution in [-0.4, -0.2) is 21.6 Å². The summed E-state index contributed by atoms with van der Waals surface area (Å²) < 4.78 is 26.3. The zero-order chi connectivity index (χ0) is 11.6. The highest BCUT2D eigenvalue weighted by Gasteiger charge is 2.40. The average molecular weight is 237 g/mol. The molecule has 1 unspecified atom stereocenters. The van der Waals surface area contributed by atoms with Crippen molar-refractivity contribution in [2.75, 3.05) is 0 Å². The van der Waals surface area contributed by atoms with E-state index in [4.69, 9.17) is 22.4 Å². The number of aliphatic hydroxyl groups excluding tert-OH is 1. The Labute approximate surface area is 88.7 Å². The molecule has 15 heavy (non-hydrogen) atoms. The molecule has 1 aromatic rings. The van der Waals surface area contributed by atoms with E-state index < -0.39 is 23.0 Å². The number of pyridine rings is 1. The summed E-state index contributed by atoms with van der Waals surface area (Å²) in [6.45, 7) is 0. The number of rotatable bonds is 3. The number of hydrogen-bond donors (Lipinski definition) is 2. The predicted octanol–water partition coefficient (Wildman–Crippen LogP) is 0.830. The lowest BCUT2D eigenvalue weighted by atomic mass is 10.1. The minimum Gasteiger partial charge on any atom is -0.372 e. The fraction of sp³-hybridized carbons (Fsp3) is 0.250. The van der Waals surface area contributed by atoms with E-state index in [1.54, 1.807) is 0 Å². The third-order valence-corrected chi connectivity index (χ3v) is 1.98. The van der Waals surface area contributed by atoms with Crippen LogP contribution in [0.25, 0.3) is 0 Å².